The van der Waals surface area contributed by atoms with Gasteiger partial charge in [0.1, 0.15) is 5.56 Å². The summed E-state index contributed by atoms with van der Waals surface area (Å²) in [4.78, 5) is 19.9. The highest BCUT2D eigenvalue weighted by molar-refractivity contribution is 9.11. The van der Waals surface area contributed by atoms with Crippen molar-refractivity contribution in [2.24, 2.45) is 0 Å². The van der Waals surface area contributed by atoms with Crippen LogP contribution in [0.15, 0.2) is 9.85 Å². The monoisotopic (exact) mass is 235 g/mol. The van der Waals surface area contributed by atoms with Gasteiger partial charge < -0.3 is 0 Å². The summed E-state index contributed by atoms with van der Waals surface area (Å²) in [6, 6.07) is 1.43. The fourth-order valence-electron chi connectivity index (χ4n) is 0.592. The molecule has 1 aromatic heterocycles. The molecule has 4 nitrogen and oxygen atoms in total. The number of hydrogen-bond donors (Lipinski definition) is 0. The molecule has 1 aromatic rings. The molecule has 0 saturated heterocycles. The maximum Gasteiger partial charge on any atom is 0.335 e. The molecule has 0 N–H and O–H groups in total. The van der Waals surface area contributed by atoms with Crippen LogP contribution in [0.2, 0.25) is 0 Å². The van der Waals surface area contributed by atoms with E-state index in [1.807, 2.05) is 0 Å². The van der Waals surface area contributed by atoms with E-state index in [2.05, 4.69) is 15.9 Å². The van der Waals surface area contributed by atoms with Crippen LogP contribution in [-0.4, -0.2) is 11.2 Å². The number of thiophene rings is 1. The van der Waals surface area contributed by atoms with Gasteiger partial charge in [-0.2, -0.15) is 0 Å². The van der Waals surface area contributed by atoms with E-state index in [1.165, 1.54) is 6.07 Å². The number of nitrogens with zero attached hydrogens (tertiary/aromatic N) is 1. The quantitative estimate of drug-likeness (QED) is 0.449. The second kappa shape index (κ2) is 3.10. The Hall–Kier alpha value is -0.750. The lowest BCUT2D eigenvalue weighted by Gasteiger charge is -1.82. The van der Waals surface area contributed by atoms with E-state index < -0.39 is 4.92 Å². The first-order valence-electron chi connectivity index (χ1n) is 2.54. The summed E-state index contributed by atoms with van der Waals surface area (Å²) in [7, 11) is 0. The molecule has 0 atom stereocenters. The summed E-state index contributed by atoms with van der Waals surface area (Å²) >= 11 is 3.98. The van der Waals surface area contributed by atoms with Crippen molar-refractivity contribution in [3.8, 4) is 0 Å². The molecule has 0 spiro atoms. The third-order valence-corrected chi connectivity index (χ3v) is 2.61. The number of rotatable bonds is 2. The van der Waals surface area contributed by atoms with Crippen molar-refractivity contribution >= 4 is 38.6 Å². The van der Waals surface area contributed by atoms with Gasteiger partial charge in [0.15, 0.2) is 6.29 Å². The van der Waals surface area contributed by atoms with Crippen molar-refractivity contribution in [3.63, 3.8) is 0 Å². The Morgan fingerprint density at radius 3 is 2.73 bits per heavy atom. The van der Waals surface area contributed by atoms with Crippen molar-refractivity contribution < 1.29 is 9.72 Å². The van der Waals surface area contributed by atoms with Gasteiger partial charge in [-0.25, -0.2) is 0 Å². The second-order valence-corrected chi connectivity index (χ2v) is 4.10. The Labute approximate surface area is 74.1 Å². The molecule has 0 aliphatic heterocycles. The zero-order valence-electron chi connectivity index (χ0n) is 5.11. The van der Waals surface area contributed by atoms with E-state index in [9.17, 15) is 14.9 Å². The molecule has 0 fully saturated rings. The van der Waals surface area contributed by atoms with Crippen molar-refractivity contribution in [3.05, 3.63) is 25.5 Å². The highest BCUT2D eigenvalue weighted by Crippen LogP contribution is 2.32. The fraction of sp³-hybridized carbons (Fsp3) is 0. The summed E-state index contributed by atoms with van der Waals surface area (Å²) in [6.45, 7) is 0. The Morgan fingerprint density at radius 2 is 2.36 bits per heavy atom. The standard InChI is InChI=1S/C5H2BrNO3S/c6-4-1-3(2-8)5(11-4)7(9)10/h1-2H. The average molecular weight is 236 g/mol. The summed E-state index contributed by atoms with van der Waals surface area (Å²) in [5.74, 6) is 0. The van der Waals surface area contributed by atoms with Gasteiger partial charge in [-0.1, -0.05) is 11.3 Å². The van der Waals surface area contributed by atoms with E-state index >= 15 is 0 Å². The van der Waals surface area contributed by atoms with Crippen molar-refractivity contribution in [2.75, 3.05) is 0 Å². The molecule has 58 valence electrons. The van der Waals surface area contributed by atoms with E-state index in [0.29, 0.717) is 10.1 Å². The molecule has 1 rings (SSSR count). The predicted molar refractivity (Wildman–Crippen MR) is 44.1 cm³/mol. The van der Waals surface area contributed by atoms with Crippen LogP contribution in [0.1, 0.15) is 10.4 Å². The Morgan fingerprint density at radius 1 is 1.73 bits per heavy atom. The molecule has 0 saturated carbocycles. The van der Waals surface area contributed by atoms with Crippen LogP contribution in [0.3, 0.4) is 0 Å². The average Bonchev–Trinajstić information content (AvgIpc) is 2.30. The molecule has 0 bridgehead atoms. The van der Waals surface area contributed by atoms with Crippen LogP contribution in [0.5, 0.6) is 0 Å². The zero-order valence-corrected chi connectivity index (χ0v) is 7.52. The van der Waals surface area contributed by atoms with Crippen LogP contribution in [0.4, 0.5) is 5.00 Å². The summed E-state index contributed by atoms with van der Waals surface area (Å²) in [5, 5.41) is 10.1. The topological polar surface area (TPSA) is 60.2 Å². The van der Waals surface area contributed by atoms with Gasteiger partial charge in [-0.15, -0.1) is 0 Å². The van der Waals surface area contributed by atoms with Gasteiger partial charge in [0.2, 0.25) is 0 Å². The van der Waals surface area contributed by atoms with Crippen LogP contribution in [0, 0.1) is 10.1 Å². The lowest BCUT2D eigenvalue weighted by Crippen LogP contribution is -1.87. The fourth-order valence-corrected chi connectivity index (χ4v) is 1.97. The Balaban J connectivity index is 3.22. The number of hydrogen-bond acceptors (Lipinski definition) is 4. The van der Waals surface area contributed by atoms with Gasteiger partial charge in [-0.3, -0.25) is 14.9 Å². The van der Waals surface area contributed by atoms with Crippen LogP contribution < -0.4 is 0 Å². The van der Waals surface area contributed by atoms with Crippen LogP contribution in [-0.2, 0) is 0 Å². The number of carbonyl (C=O) groups excluding carboxylic acids is 1. The summed E-state index contributed by atoms with van der Waals surface area (Å²) < 4.78 is 0.589. The molecular formula is C5H2BrNO3S. The highest BCUT2D eigenvalue weighted by atomic mass is 79.9. The third-order valence-electron chi connectivity index (χ3n) is 1.00. The number of nitro groups is 1. The predicted octanol–water partition coefficient (Wildman–Crippen LogP) is 2.23. The number of aldehydes is 1. The molecule has 0 aliphatic rings. The van der Waals surface area contributed by atoms with Crippen molar-refractivity contribution in [1.82, 2.24) is 0 Å². The molecule has 1 heterocycles. The van der Waals surface area contributed by atoms with Crippen LogP contribution in [0.25, 0.3) is 0 Å². The first kappa shape index (κ1) is 8.35. The smallest absolute Gasteiger partial charge is 0.298 e. The first-order valence-corrected chi connectivity index (χ1v) is 4.15. The van der Waals surface area contributed by atoms with Gasteiger partial charge in [0.05, 0.1) is 8.71 Å². The van der Waals surface area contributed by atoms with Crippen LogP contribution >= 0.6 is 27.3 Å². The van der Waals surface area contributed by atoms with E-state index in [1.54, 1.807) is 0 Å². The first-order chi connectivity index (χ1) is 5.15. The van der Waals surface area contributed by atoms with E-state index in [0.717, 1.165) is 11.3 Å². The third kappa shape index (κ3) is 1.63. The molecule has 0 aliphatic carbocycles. The van der Waals surface area contributed by atoms with Gasteiger partial charge in [-0.05, 0) is 22.0 Å². The highest BCUT2D eigenvalue weighted by Gasteiger charge is 2.16. The van der Waals surface area contributed by atoms with Crippen molar-refractivity contribution in [2.45, 2.75) is 0 Å². The SMILES string of the molecule is O=Cc1cc(Br)sc1[N+](=O)[O-]. The minimum Gasteiger partial charge on any atom is -0.298 e. The second-order valence-electron chi connectivity index (χ2n) is 1.69. The maximum absolute atomic E-state index is 10.2. The zero-order chi connectivity index (χ0) is 8.43. The molecular weight excluding hydrogens is 234 g/mol. The van der Waals surface area contributed by atoms with Gasteiger partial charge in [0.25, 0.3) is 0 Å². The minimum absolute atomic E-state index is 0.117. The van der Waals surface area contributed by atoms with E-state index in [4.69, 9.17) is 0 Å². The number of halogens is 1. The van der Waals surface area contributed by atoms with Crippen molar-refractivity contribution in [1.29, 1.82) is 0 Å². The maximum atomic E-state index is 10.2. The molecule has 6 heteroatoms. The summed E-state index contributed by atoms with van der Waals surface area (Å²) in [6.07, 6.45) is 0.472. The normalized spacial score (nSPS) is 9.55. The molecule has 11 heavy (non-hydrogen) atoms. The minimum atomic E-state index is -0.570. The summed E-state index contributed by atoms with van der Waals surface area (Å²) in [5.41, 5.74) is 0.117. The molecule has 0 radical (unpaired) electrons. The molecule has 0 amide bonds. The molecule has 0 unspecified atom stereocenters. The Kier molecular flexibility index (Phi) is 2.35. The number of carbonyl (C=O) groups is 1. The van der Waals surface area contributed by atoms with Gasteiger partial charge >= 0.3 is 5.00 Å². The lowest BCUT2D eigenvalue weighted by molar-refractivity contribution is -0.380. The van der Waals surface area contributed by atoms with Gasteiger partial charge in [0, 0.05) is 0 Å². The molecule has 0 aromatic carbocycles. The largest absolute Gasteiger partial charge is 0.335 e. The Bertz CT molecular complexity index is 309. The van der Waals surface area contributed by atoms with E-state index in [-0.39, 0.29) is 10.6 Å². The lowest BCUT2D eigenvalue weighted by atomic mass is 10.4.